The summed E-state index contributed by atoms with van der Waals surface area (Å²) >= 11 is 0. The largest absolute Gasteiger partial charge is 0.269 e. The van der Waals surface area contributed by atoms with Crippen molar-refractivity contribution in [3.05, 3.63) is 24.5 Å². The molecule has 1 aliphatic rings. The van der Waals surface area contributed by atoms with Gasteiger partial charge in [0.15, 0.2) is 0 Å². The van der Waals surface area contributed by atoms with E-state index < -0.39 is 0 Å². The van der Waals surface area contributed by atoms with Crippen molar-refractivity contribution in [3.8, 4) is 0 Å². The van der Waals surface area contributed by atoms with Gasteiger partial charge in [0.05, 0.1) is 11.7 Å². The fourth-order valence-corrected chi connectivity index (χ4v) is 2.01. The number of nitrogens with zero attached hydrogens (tertiary/aromatic N) is 2. The molecule has 1 aromatic heterocycles. The lowest BCUT2D eigenvalue weighted by Crippen LogP contribution is -2.13. The highest BCUT2D eigenvalue weighted by Crippen LogP contribution is 2.27. The number of rotatable bonds is 2. The molecule has 1 fully saturated rings. The van der Waals surface area contributed by atoms with Gasteiger partial charge < -0.3 is 0 Å². The minimum atomic E-state index is 0.641. The summed E-state index contributed by atoms with van der Waals surface area (Å²) in [5, 5.41) is 4.45. The molecule has 70 valence electrons. The maximum absolute atomic E-state index is 4.45. The molecule has 1 heterocycles. The van der Waals surface area contributed by atoms with E-state index in [1.165, 1.54) is 32.1 Å². The molecule has 1 aromatic rings. The van der Waals surface area contributed by atoms with Gasteiger partial charge in [-0.1, -0.05) is 25.8 Å². The molecule has 0 amide bonds. The van der Waals surface area contributed by atoms with E-state index in [0.717, 1.165) is 5.69 Å². The summed E-state index contributed by atoms with van der Waals surface area (Å²) in [5.74, 6) is 0. The highest BCUT2D eigenvalue weighted by molar-refractivity contribution is 5.39. The highest BCUT2D eigenvalue weighted by Gasteiger charge is 2.15. The van der Waals surface area contributed by atoms with Crippen molar-refractivity contribution in [2.75, 3.05) is 0 Å². The smallest absolute Gasteiger partial charge is 0.0845 e. The average molecular weight is 176 g/mol. The zero-order valence-corrected chi connectivity index (χ0v) is 7.95. The summed E-state index contributed by atoms with van der Waals surface area (Å²) < 4.78 is 2.11. The van der Waals surface area contributed by atoms with Crippen LogP contribution in [0.2, 0.25) is 0 Å². The Balaban J connectivity index is 2.09. The van der Waals surface area contributed by atoms with Crippen molar-refractivity contribution in [2.45, 2.75) is 38.1 Å². The lowest BCUT2D eigenvalue weighted by molar-refractivity contribution is 0.329. The molecule has 0 unspecified atom stereocenters. The Labute approximate surface area is 79.3 Å². The Morgan fingerprint density at radius 2 is 2.15 bits per heavy atom. The van der Waals surface area contributed by atoms with Crippen LogP contribution in [0.3, 0.4) is 0 Å². The molecule has 0 spiro atoms. The molecule has 0 aliphatic heterocycles. The van der Waals surface area contributed by atoms with Gasteiger partial charge in [0.25, 0.3) is 0 Å². The Morgan fingerprint density at radius 3 is 2.77 bits per heavy atom. The van der Waals surface area contributed by atoms with Crippen LogP contribution in [-0.2, 0) is 0 Å². The van der Waals surface area contributed by atoms with Crippen molar-refractivity contribution in [1.29, 1.82) is 0 Å². The van der Waals surface area contributed by atoms with Gasteiger partial charge in [0.1, 0.15) is 0 Å². The Hall–Kier alpha value is -1.05. The lowest BCUT2D eigenvalue weighted by Gasteiger charge is -2.21. The van der Waals surface area contributed by atoms with Crippen LogP contribution in [0.4, 0.5) is 0 Å². The first-order chi connectivity index (χ1) is 6.40. The summed E-state index contributed by atoms with van der Waals surface area (Å²) in [6, 6.07) is 2.67. The summed E-state index contributed by atoms with van der Waals surface area (Å²) in [4.78, 5) is 0. The van der Waals surface area contributed by atoms with Crippen LogP contribution in [0.15, 0.2) is 18.8 Å². The van der Waals surface area contributed by atoms with Gasteiger partial charge in [-0.05, 0) is 25.0 Å². The summed E-state index contributed by atoms with van der Waals surface area (Å²) in [6.07, 6.45) is 10.6. The van der Waals surface area contributed by atoms with Gasteiger partial charge in [-0.15, -0.1) is 0 Å². The van der Waals surface area contributed by atoms with E-state index in [-0.39, 0.29) is 0 Å². The molecular formula is C11H16N2. The summed E-state index contributed by atoms with van der Waals surface area (Å²) in [5.41, 5.74) is 0.991. The van der Waals surface area contributed by atoms with Crippen LogP contribution in [0.5, 0.6) is 0 Å². The topological polar surface area (TPSA) is 17.8 Å². The van der Waals surface area contributed by atoms with Crippen LogP contribution in [0.1, 0.15) is 43.8 Å². The fraction of sp³-hybridized carbons (Fsp3) is 0.545. The van der Waals surface area contributed by atoms with Crippen LogP contribution in [0, 0.1) is 0 Å². The van der Waals surface area contributed by atoms with E-state index in [1.54, 1.807) is 6.08 Å². The van der Waals surface area contributed by atoms with E-state index in [1.807, 2.05) is 6.07 Å². The van der Waals surface area contributed by atoms with Gasteiger partial charge in [-0.25, -0.2) is 0 Å². The molecule has 2 heteroatoms. The van der Waals surface area contributed by atoms with Crippen molar-refractivity contribution < 1.29 is 0 Å². The third-order valence-electron chi connectivity index (χ3n) is 2.79. The molecule has 0 radical (unpaired) electrons. The van der Waals surface area contributed by atoms with E-state index in [9.17, 15) is 0 Å². The normalized spacial score (nSPS) is 18.8. The van der Waals surface area contributed by atoms with Crippen LogP contribution >= 0.6 is 0 Å². The zero-order valence-electron chi connectivity index (χ0n) is 7.95. The summed E-state index contributed by atoms with van der Waals surface area (Å²) in [7, 11) is 0. The molecule has 0 aromatic carbocycles. The minimum Gasteiger partial charge on any atom is -0.269 e. The Kier molecular flexibility index (Phi) is 2.48. The molecule has 13 heavy (non-hydrogen) atoms. The molecule has 2 nitrogen and oxygen atoms in total. The van der Waals surface area contributed by atoms with E-state index >= 15 is 0 Å². The SMILES string of the molecule is C=Cc1ccn(C2CCCCC2)n1. The van der Waals surface area contributed by atoms with Crippen LogP contribution in [-0.4, -0.2) is 9.78 Å². The second-order valence-electron chi connectivity index (χ2n) is 3.72. The summed E-state index contributed by atoms with van der Waals surface area (Å²) in [6.45, 7) is 3.71. The van der Waals surface area contributed by atoms with Gasteiger partial charge in [-0.2, -0.15) is 5.10 Å². The fourth-order valence-electron chi connectivity index (χ4n) is 2.01. The quantitative estimate of drug-likeness (QED) is 0.677. The molecule has 0 atom stereocenters. The van der Waals surface area contributed by atoms with Gasteiger partial charge in [0.2, 0.25) is 0 Å². The van der Waals surface area contributed by atoms with E-state index in [0.29, 0.717) is 6.04 Å². The van der Waals surface area contributed by atoms with Crippen LogP contribution in [0.25, 0.3) is 6.08 Å². The molecular weight excluding hydrogens is 160 g/mol. The van der Waals surface area contributed by atoms with Gasteiger partial charge in [-0.3, -0.25) is 4.68 Å². The number of hydrogen-bond acceptors (Lipinski definition) is 1. The first kappa shape index (κ1) is 8.54. The number of aromatic nitrogens is 2. The van der Waals surface area contributed by atoms with Crippen molar-refractivity contribution in [2.24, 2.45) is 0 Å². The molecule has 2 rings (SSSR count). The maximum Gasteiger partial charge on any atom is 0.0845 e. The van der Waals surface area contributed by atoms with Gasteiger partial charge >= 0.3 is 0 Å². The minimum absolute atomic E-state index is 0.641. The first-order valence-electron chi connectivity index (χ1n) is 5.08. The highest BCUT2D eigenvalue weighted by atomic mass is 15.3. The third-order valence-corrected chi connectivity index (χ3v) is 2.79. The Bertz CT molecular complexity index is 282. The second-order valence-corrected chi connectivity index (χ2v) is 3.72. The lowest BCUT2D eigenvalue weighted by atomic mass is 9.96. The molecule has 1 saturated carbocycles. The van der Waals surface area contributed by atoms with Crippen LogP contribution < -0.4 is 0 Å². The molecule has 0 saturated heterocycles. The maximum atomic E-state index is 4.45. The predicted octanol–water partition coefficient (Wildman–Crippen LogP) is 3.03. The molecule has 0 bridgehead atoms. The second kappa shape index (κ2) is 3.77. The van der Waals surface area contributed by atoms with Crippen molar-refractivity contribution >= 4 is 6.08 Å². The van der Waals surface area contributed by atoms with Gasteiger partial charge in [0, 0.05) is 6.20 Å². The molecule has 1 aliphatic carbocycles. The van der Waals surface area contributed by atoms with E-state index in [2.05, 4.69) is 22.6 Å². The zero-order chi connectivity index (χ0) is 9.10. The molecule has 0 N–H and O–H groups in total. The number of hydrogen-bond donors (Lipinski definition) is 0. The first-order valence-corrected chi connectivity index (χ1v) is 5.08. The van der Waals surface area contributed by atoms with E-state index in [4.69, 9.17) is 0 Å². The monoisotopic (exact) mass is 176 g/mol. The third kappa shape index (κ3) is 1.82. The van der Waals surface area contributed by atoms with Crippen molar-refractivity contribution in [3.63, 3.8) is 0 Å². The predicted molar refractivity (Wildman–Crippen MR) is 54.4 cm³/mol. The van der Waals surface area contributed by atoms with Crippen molar-refractivity contribution in [1.82, 2.24) is 9.78 Å². The Morgan fingerprint density at radius 1 is 1.38 bits per heavy atom. The standard InChI is InChI=1S/C11H16N2/c1-2-10-8-9-13(12-10)11-6-4-3-5-7-11/h2,8-9,11H,1,3-7H2. The average Bonchev–Trinajstić information content (AvgIpc) is 2.67.